The molecule has 1 unspecified atom stereocenters. The van der Waals surface area contributed by atoms with E-state index in [2.05, 4.69) is 0 Å². The first-order valence-electron chi connectivity index (χ1n) is 9.25. The molecule has 2 aromatic rings. The Labute approximate surface area is 166 Å². The highest BCUT2D eigenvalue weighted by Crippen LogP contribution is 2.20. The number of ether oxygens (including phenoxy) is 1. The van der Waals surface area contributed by atoms with Gasteiger partial charge in [-0.05, 0) is 37.1 Å². The van der Waals surface area contributed by atoms with Gasteiger partial charge in [0.15, 0.2) is 0 Å². The predicted octanol–water partition coefficient (Wildman–Crippen LogP) is 0.819. The summed E-state index contributed by atoms with van der Waals surface area (Å²) in [4.78, 5) is 50.3. The summed E-state index contributed by atoms with van der Waals surface area (Å²) in [5, 5.41) is 0. The number of nitrogens with zero attached hydrogens (tertiary/aromatic N) is 3. The summed E-state index contributed by atoms with van der Waals surface area (Å²) < 4.78 is 20.6. The van der Waals surface area contributed by atoms with E-state index in [-0.39, 0.29) is 19.1 Å². The van der Waals surface area contributed by atoms with Crippen molar-refractivity contribution in [3.63, 3.8) is 0 Å². The lowest BCUT2D eigenvalue weighted by Crippen LogP contribution is -2.43. The number of hydrogen-bond acceptors (Lipinski definition) is 5. The zero-order chi connectivity index (χ0) is 21.1. The molecule has 1 fully saturated rings. The van der Waals surface area contributed by atoms with Crippen molar-refractivity contribution >= 4 is 11.9 Å². The van der Waals surface area contributed by atoms with E-state index < -0.39 is 29.0 Å². The summed E-state index contributed by atoms with van der Waals surface area (Å²) in [5.41, 5.74) is -0.331. The van der Waals surface area contributed by atoms with Gasteiger partial charge >= 0.3 is 11.7 Å². The third kappa shape index (κ3) is 4.44. The molecule has 1 aliphatic rings. The normalized spacial score (nSPS) is 16.5. The van der Waals surface area contributed by atoms with Gasteiger partial charge < -0.3 is 9.64 Å². The van der Waals surface area contributed by atoms with Gasteiger partial charge in [-0.25, -0.2) is 9.18 Å². The molecule has 1 amide bonds. The molecule has 1 aliphatic heterocycles. The van der Waals surface area contributed by atoms with Gasteiger partial charge in [-0.1, -0.05) is 0 Å². The summed E-state index contributed by atoms with van der Waals surface area (Å²) in [7, 11) is 2.86. The molecule has 0 bridgehead atoms. The number of benzene rings is 1. The van der Waals surface area contributed by atoms with E-state index in [9.17, 15) is 23.6 Å². The Kier molecular flexibility index (Phi) is 5.95. The average molecular weight is 403 g/mol. The molecule has 0 aliphatic carbocycles. The van der Waals surface area contributed by atoms with E-state index in [0.717, 1.165) is 4.57 Å². The fourth-order valence-corrected chi connectivity index (χ4v) is 3.31. The standard InChI is InChI=1S/C20H22FN3O5/c1-22-16(10-17(25)23(2)20(22)28)12-29-19(27)14-4-3-9-24(11-14)18(26)13-5-7-15(21)8-6-13/h5-8,10,14H,3-4,9,11-12H2,1-2H3. The van der Waals surface area contributed by atoms with Crippen LogP contribution in [-0.4, -0.2) is 39.0 Å². The highest BCUT2D eigenvalue weighted by Gasteiger charge is 2.30. The van der Waals surface area contributed by atoms with E-state index >= 15 is 0 Å². The summed E-state index contributed by atoms with van der Waals surface area (Å²) in [5.74, 6) is -1.69. The largest absolute Gasteiger partial charge is 0.459 e. The molecule has 29 heavy (non-hydrogen) atoms. The van der Waals surface area contributed by atoms with Crippen molar-refractivity contribution < 1.29 is 18.7 Å². The predicted molar refractivity (Wildman–Crippen MR) is 102 cm³/mol. The lowest BCUT2D eigenvalue weighted by atomic mass is 9.97. The van der Waals surface area contributed by atoms with Crippen LogP contribution in [0.1, 0.15) is 28.9 Å². The first-order valence-corrected chi connectivity index (χ1v) is 9.25. The molecule has 0 N–H and O–H groups in total. The van der Waals surface area contributed by atoms with E-state index in [1.54, 1.807) is 4.90 Å². The minimum Gasteiger partial charge on any atom is -0.459 e. The number of carbonyl (C=O) groups is 2. The van der Waals surface area contributed by atoms with E-state index in [1.807, 2.05) is 0 Å². The molecule has 0 saturated carbocycles. The highest BCUT2D eigenvalue weighted by atomic mass is 19.1. The number of halogens is 1. The quantitative estimate of drug-likeness (QED) is 0.705. The van der Waals surface area contributed by atoms with Crippen LogP contribution in [0.25, 0.3) is 0 Å². The van der Waals surface area contributed by atoms with Gasteiger partial charge in [-0.15, -0.1) is 0 Å². The zero-order valence-electron chi connectivity index (χ0n) is 16.3. The van der Waals surface area contributed by atoms with Crippen LogP contribution in [0.4, 0.5) is 4.39 Å². The Morgan fingerprint density at radius 1 is 1.14 bits per heavy atom. The Balaban J connectivity index is 1.64. The van der Waals surface area contributed by atoms with Gasteiger partial charge in [-0.2, -0.15) is 0 Å². The van der Waals surface area contributed by atoms with Crippen LogP contribution >= 0.6 is 0 Å². The monoisotopic (exact) mass is 403 g/mol. The maximum Gasteiger partial charge on any atom is 0.330 e. The lowest BCUT2D eigenvalue weighted by molar-refractivity contribution is -0.151. The number of piperidine rings is 1. The molecule has 0 spiro atoms. The lowest BCUT2D eigenvalue weighted by Gasteiger charge is -2.31. The average Bonchev–Trinajstić information content (AvgIpc) is 2.73. The van der Waals surface area contributed by atoms with Crippen molar-refractivity contribution in [3.05, 3.63) is 68.2 Å². The summed E-state index contributed by atoms with van der Waals surface area (Å²) in [6, 6.07) is 6.51. The SMILES string of the molecule is Cn1c(COC(=O)C2CCCN(C(=O)c3ccc(F)cc3)C2)cc(=O)n(C)c1=O. The van der Waals surface area contributed by atoms with Crippen LogP contribution in [-0.2, 0) is 30.2 Å². The molecule has 9 heteroatoms. The molecule has 2 heterocycles. The van der Waals surface area contributed by atoms with Crippen LogP contribution in [0.5, 0.6) is 0 Å². The number of hydrogen-bond donors (Lipinski definition) is 0. The molecule has 1 atom stereocenters. The molecular formula is C20H22FN3O5. The second kappa shape index (κ2) is 8.42. The molecular weight excluding hydrogens is 381 g/mol. The smallest absolute Gasteiger partial charge is 0.330 e. The van der Waals surface area contributed by atoms with E-state index in [4.69, 9.17) is 4.74 Å². The van der Waals surface area contributed by atoms with Crippen LogP contribution in [0.2, 0.25) is 0 Å². The third-order valence-electron chi connectivity index (χ3n) is 5.12. The van der Waals surface area contributed by atoms with Crippen LogP contribution < -0.4 is 11.2 Å². The minimum absolute atomic E-state index is 0.199. The number of likely N-dealkylation sites (tertiary alicyclic amines) is 1. The Bertz CT molecular complexity index is 1040. The van der Waals surface area contributed by atoms with Crippen molar-refractivity contribution in [1.29, 1.82) is 0 Å². The molecule has 8 nitrogen and oxygen atoms in total. The molecule has 3 rings (SSSR count). The Morgan fingerprint density at radius 2 is 1.83 bits per heavy atom. The van der Waals surface area contributed by atoms with Gasteiger partial charge in [0.05, 0.1) is 11.6 Å². The van der Waals surface area contributed by atoms with E-state index in [0.29, 0.717) is 30.6 Å². The first kappa shape index (κ1) is 20.5. The van der Waals surface area contributed by atoms with Crippen molar-refractivity contribution in [2.75, 3.05) is 13.1 Å². The second-order valence-electron chi connectivity index (χ2n) is 7.08. The number of amides is 1. The van der Waals surface area contributed by atoms with Crippen molar-refractivity contribution in [3.8, 4) is 0 Å². The van der Waals surface area contributed by atoms with Crippen LogP contribution in [0.15, 0.2) is 39.9 Å². The van der Waals surface area contributed by atoms with Gasteiger partial charge in [-0.3, -0.25) is 23.5 Å². The fraction of sp³-hybridized carbons (Fsp3) is 0.400. The zero-order valence-corrected chi connectivity index (χ0v) is 16.3. The highest BCUT2D eigenvalue weighted by molar-refractivity contribution is 5.94. The maximum absolute atomic E-state index is 13.1. The molecule has 0 radical (unpaired) electrons. The van der Waals surface area contributed by atoms with Gasteiger partial charge in [0.25, 0.3) is 11.5 Å². The fourth-order valence-electron chi connectivity index (χ4n) is 3.31. The number of esters is 1. The number of carbonyl (C=O) groups excluding carboxylic acids is 2. The van der Waals surface area contributed by atoms with Crippen molar-refractivity contribution in [1.82, 2.24) is 14.0 Å². The summed E-state index contributed by atoms with van der Waals surface area (Å²) >= 11 is 0. The molecule has 154 valence electrons. The summed E-state index contributed by atoms with van der Waals surface area (Å²) in [6.45, 7) is 0.497. The van der Waals surface area contributed by atoms with Gasteiger partial charge in [0.1, 0.15) is 12.4 Å². The van der Waals surface area contributed by atoms with Crippen molar-refractivity contribution in [2.24, 2.45) is 20.0 Å². The van der Waals surface area contributed by atoms with Crippen LogP contribution in [0.3, 0.4) is 0 Å². The summed E-state index contributed by atoms with van der Waals surface area (Å²) in [6.07, 6.45) is 1.21. The van der Waals surface area contributed by atoms with Gasteiger partial charge in [0, 0.05) is 38.8 Å². The minimum atomic E-state index is -0.503. The Hall–Kier alpha value is -3.23. The maximum atomic E-state index is 13.1. The van der Waals surface area contributed by atoms with Gasteiger partial charge in [0.2, 0.25) is 0 Å². The van der Waals surface area contributed by atoms with E-state index in [1.165, 1.54) is 49.0 Å². The topological polar surface area (TPSA) is 90.6 Å². The number of aromatic nitrogens is 2. The molecule has 1 aromatic heterocycles. The first-order chi connectivity index (χ1) is 13.8. The second-order valence-corrected chi connectivity index (χ2v) is 7.08. The Morgan fingerprint density at radius 3 is 2.52 bits per heavy atom. The molecule has 1 saturated heterocycles. The van der Waals surface area contributed by atoms with Crippen LogP contribution in [0, 0.1) is 11.7 Å². The third-order valence-corrected chi connectivity index (χ3v) is 5.12. The number of rotatable bonds is 4. The van der Waals surface area contributed by atoms with Crippen molar-refractivity contribution in [2.45, 2.75) is 19.4 Å². The molecule has 1 aromatic carbocycles.